The number of rotatable bonds is 3. The van der Waals surface area contributed by atoms with Gasteiger partial charge >= 0.3 is 0 Å². The lowest BCUT2D eigenvalue weighted by atomic mass is 9.97. The lowest BCUT2D eigenvalue weighted by molar-refractivity contribution is 0.0281. The summed E-state index contributed by atoms with van der Waals surface area (Å²) in [6, 6.07) is 2.95. The molecule has 1 aromatic carbocycles. The van der Waals surface area contributed by atoms with Crippen LogP contribution in [0.2, 0.25) is 10.0 Å². The second-order valence-corrected chi connectivity index (χ2v) is 6.09. The summed E-state index contributed by atoms with van der Waals surface area (Å²) in [5.74, 6) is 0.202. The number of nitrogens with zero attached hydrogens (tertiary/aromatic N) is 1. The molecule has 0 aliphatic carbocycles. The van der Waals surface area contributed by atoms with Gasteiger partial charge in [0.2, 0.25) is 0 Å². The summed E-state index contributed by atoms with van der Waals surface area (Å²) in [6.07, 6.45) is 2.20. The summed E-state index contributed by atoms with van der Waals surface area (Å²) >= 11 is 12.2. The molecule has 2 rings (SSSR count). The van der Waals surface area contributed by atoms with Crippen molar-refractivity contribution in [1.82, 2.24) is 4.90 Å². The summed E-state index contributed by atoms with van der Waals surface area (Å²) in [4.78, 5) is 14.4. The fraction of sp³-hybridized carbons (Fsp3) is 0.533. The number of carbonyl (C=O) groups excluding carboxylic acids is 1. The van der Waals surface area contributed by atoms with Crippen LogP contribution >= 0.6 is 23.2 Å². The minimum absolute atomic E-state index is 0.160. The van der Waals surface area contributed by atoms with E-state index in [0.717, 1.165) is 19.3 Å². The van der Waals surface area contributed by atoms with Crippen molar-refractivity contribution >= 4 is 29.1 Å². The smallest absolute Gasteiger partial charge is 0.254 e. The highest BCUT2D eigenvalue weighted by atomic mass is 35.5. The van der Waals surface area contributed by atoms with Gasteiger partial charge < -0.3 is 14.7 Å². The Bertz CT molecular complexity index is 511. The number of benzene rings is 1. The van der Waals surface area contributed by atoms with Crippen LogP contribution in [0, 0.1) is 0 Å². The molecule has 0 radical (unpaired) electrons. The second-order valence-electron chi connectivity index (χ2n) is 5.28. The summed E-state index contributed by atoms with van der Waals surface area (Å²) in [5, 5.41) is 10.5. The number of likely N-dealkylation sites (tertiary alicyclic amines) is 1. The van der Waals surface area contributed by atoms with Crippen molar-refractivity contribution in [3.05, 3.63) is 27.7 Å². The molecule has 0 saturated carbocycles. The fourth-order valence-electron chi connectivity index (χ4n) is 2.76. The monoisotopic (exact) mass is 331 g/mol. The van der Waals surface area contributed by atoms with Crippen molar-refractivity contribution in [3.63, 3.8) is 0 Å². The van der Waals surface area contributed by atoms with Crippen molar-refractivity contribution in [3.8, 4) is 5.75 Å². The Hall–Kier alpha value is -0.970. The number of hydrogen-bond acceptors (Lipinski definition) is 3. The van der Waals surface area contributed by atoms with E-state index in [9.17, 15) is 9.90 Å². The van der Waals surface area contributed by atoms with Crippen molar-refractivity contribution in [2.24, 2.45) is 0 Å². The standard InChI is InChI=1S/C15H19Cl2NO3/c1-9(19)13-5-3-4-6-18(13)15(20)10-7-11(16)14(21-2)12(17)8-10/h7-9,13,19H,3-6H2,1-2H3. The van der Waals surface area contributed by atoms with E-state index in [0.29, 0.717) is 27.9 Å². The molecule has 21 heavy (non-hydrogen) atoms. The lowest BCUT2D eigenvalue weighted by Gasteiger charge is -2.37. The Morgan fingerprint density at radius 3 is 2.52 bits per heavy atom. The number of hydrogen-bond donors (Lipinski definition) is 1. The van der Waals surface area contributed by atoms with E-state index in [1.54, 1.807) is 24.0 Å². The maximum Gasteiger partial charge on any atom is 0.254 e. The SMILES string of the molecule is COc1c(Cl)cc(C(=O)N2CCCCC2C(C)O)cc1Cl. The molecule has 0 spiro atoms. The van der Waals surface area contributed by atoms with Crippen LogP contribution in [0.25, 0.3) is 0 Å². The van der Waals surface area contributed by atoms with Crippen LogP contribution < -0.4 is 4.74 Å². The third-order valence-corrected chi connectivity index (χ3v) is 4.38. The van der Waals surface area contributed by atoms with Gasteiger partial charge in [-0.15, -0.1) is 0 Å². The third kappa shape index (κ3) is 3.44. The molecular formula is C15H19Cl2NO3. The largest absolute Gasteiger partial charge is 0.494 e. The topological polar surface area (TPSA) is 49.8 Å². The summed E-state index contributed by atoms with van der Waals surface area (Å²) in [7, 11) is 1.47. The molecule has 2 unspecified atom stereocenters. The molecule has 1 aromatic rings. The molecule has 2 atom stereocenters. The van der Waals surface area contributed by atoms with Crippen LogP contribution in [0.4, 0.5) is 0 Å². The van der Waals surface area contributed by atoms with Crippen LogP contribution in [0.5, 0.6) is 5.75 Å². The van der Waals surface area contributed by atoms with Gasteiger partial charge in [-0.3, -0.25) is 4.79 Å². The zero-order valence-corrected chi connectivity index (χ0v) is 13.6. The Kier molecular flexibility index (Phi) is 5.36. The molecule has 116 valence electrons. The predicted octanol–water partition coefficient (Wildman–Crippen LogP) is 3.38. The molecule has 1 aliphatic heterocycles. The number of methoxy groups -OCH3 is 1. The van der Waals surface area contributed by atoms with E-state index in [4.69, 9.17) is 27.9 Å². The number of aliphatic hydroxyl groups is 1. The van der Waals surface area contributed by atoms with E-state index in [-0.39, 0.29) is 11.9 Å². The lowest BCUT2D eigenvalue weighted by Crippen LogP contribution is -2.48. The van der Waals surface area contributed by atoms with E-state index < -0.39 is 6.10 Å². The van der Waals surface area contributed by atoms with Crippen molar-refractivity contribution in [2.75, 3.05) is 13.7 Å². The summed E-state index contributed by atoms with van der Waals surface area (Å²) in [5.41, 5.74) is 0.415. The van der Waals surface area contributed by atoms with Crippen LogP contribution in [0.1, 0.15) is 36.5 Å². The Morgan fingerprint density at radius 2 is 2.00 bits per heavy atom. The number of amides is 1. The molecule has 1 amide bonds. The maximum absolute atomic E-state index is 12.7. The van der Waals surface area contributed by atoms with Gasteiger partial charge in [0.15, 0.2) is 5.75 Å². The van der Waals surface area contributed by atoms with Crippen molar-refractivity contribution in [1.29, 1.82) is 0 Å². The first-order chi connectivity index (χ1) is 9.95. The molecular weight excluding hydrogens is 313 g/mol. The van der Waals surface area contributed by atoms with Crippen molar-refractivity contribution < 1.29 is 14.6 Å². The highest BCUT2D eigenvalue weighted by Gasteiger charge is 2.31. The Balaban J connectivity index is 2.30. The molecule has 1 aliphatic rings. The minimum Gasteiger partial charge on any atom is -0.494 e. The zero-order chi connectivity index (χ0) is 15.6. The molecule has 0 aromatic heterocycles. The first-order valence-corrected chi connectivity index (χ1v) is 7.73. The van der Waals surface area contributed by atoms with Gasteiger partial charge in [-0.2, -0.15) is 0 Å². The number of piperidine rings is 1. The normalized spacial score (nSPS) is 20.2. The third-order valence-electron chi connectivity index (χ3n) is 3.82. The molecule has 1 heterocycles. The second kappa shape index (κ2) is 6.86. The van der Waals surface area contributed by atoms with E-state index in [1.807, 2.05) is 0 Å². The van der Waals surface area contributed by atoms with Gasteiger partial charge in [-0.1, -0.05) is 23.2 Å². The van der Waals surface area contributed by atoms with Crippen LogP contribution in [-0.4, -0.2) is 41.7 Å². The Labute approximate surface area is 134 Å². The van der Waals surface area contributed by atoms with Crippen LogP contribution in [0.3, 0.4) is 0 Å². The van der Waals surface area contributed by atoms with Gasteiger partial charge in [0.1, 0.15) is 0 Å². The first kappa shape index (κ1) is 16.4. The van der Waals surface area contributed by atoms with Gasteiger partial charge in [0, 0.05) is 12.1 Å². The average Bonchev–Trinajstić information content (AvgIpc) is 2.46. The predicted molar refractivity (Wildman–Crippen MR) is 83.4 cm³/mol. The molecule has 0 bridgehead atoms. The average molecular weight is 332 g/mol. The molecule has 6 heteroatoms. The highest BCUT2D eigenvalue weighted by molar-refractivity contribution is 6.37. The molecule has 1 fully saturated rings. The number of halogens is 2. The number of carbonyl (C=O) groups is 1. The molecule has 1 N–H and O–H groups in total. The van der Waals surface area contributed by atoms with Crippen molar-refractivity contribution in [2.45, 2.75) is 38.3 Å². The van der Waals surface area contributed by atoms with Gasteiger partial charge in [-0.05, 0) is 38.3 Å². The van der Waals surface area contributed by atoms with Gasteiger partial charge in [0.25, 0.3) is 5.91 Å². The maximum atomic E-state index is 12.7. The van der Waals surface area contributed by atoms with E-state index in [1.165, 1.54) is 7.11 Å². The molecule has 1 saturated heterocycles. The van der Waals surface area contributed by atoms with Crippen LogP contribution in [0.15, 0.2) is 12.1 Å². The fourth-order valence-corrected chi connectivity index (χ4v) is 3.40. The quantitative estimate of drug-likeness (QED) is 0.923. The molecule has 4 nitrogen and oxygen atoms in total. The van der Waals surface area contributed by atoms with Gasteiger partial charge in [-0.25, -0.2) is 0 Å². The van der Waals surface area contributed by atoms with E-state index in [2.05, 4.69) is 0 Å². The zero-order valence-electron chi connectivity index (χ0n) is 12.1. The Morgan fingerprint density at radius 1 is 1.38 bits per heavy atom. The highest BCUT2D eigenvalue weighted by Crippen LogP contribution is 2.34. The summed E-state index contributed by atoms with van der Waals surface area (Å²) < 4.78 is 5.09. The van der Waals surface area contributed by atoms with E-state index >= 15 is 0 Å². The number of aliphatic hydroxyl groups excluding tert-OH is 1. The summed E-state index contributed by atoms with van der Waals surface area (Å²) in [6.45, 7) is 2.35. The number of ether oxygens (including phenoxy) is 1. The first-order valence-electron chi connectivity index (χ1n) is 6.97. The van der Waals surface area contributed by atoms with Crippen LogP contribution in [-0.2, 0) is 0 Å². The van der Waals surface area contributed by atoms with Gasteiger partial charge in [0.05, 0.1) is 29.3 Å². The minimum atomic E-state index is -0.557.